The first-order chi connectivity index (χ1) is 11.6. The summed E-state index contributed by atoms with van der Waals surface area (Å²) < 4.78 is 18.7. The maximum atomic E-state index is 12.9. The van der Waals surface area contributed by atoms with Crippen LogP contribution in [0.2, 0.25) is 0 Å². The van der Waals surface area contributed by atoms with Gasteiger partial charge in [0, 0.05) is 12.1 Å². The number of hydrogen-bond donors (Lipinski definition) is 2. The number of benzene rings is 2. The van der Waals surface area contributed by atoms with E-state index in [0.29, 0.717) is 18.8 Å². The van der Waals surface area contributed by atoms with Crippen molar-refractivity contribution in [3.05, 3.63) is 83.4 Å². The van der Waals surface area contributed by atoms with Crippen molar-refractivity contribution >= 4 is 5.97 Å². The Morgan fingerprint density at radius 1 is 0.960 bits per heavy atom. The number of rotatable bonds is 6. The Balaban J connectivity index is 0.00000225. The van der Waals surface area contributed by atoms with Crippen molar-refractivity contribution in [2.24, 2.45) is 0 Å². The van der Waals surface area contributed by atoms with Crippen LogP contribution in [0.5, 0.6) is 0 Å². The lowest BCUT2D eigenvalue weighted by Gasteiger charge is -2.04. The first-order valence-corrected chi connectivity index (χ1v) is 7.49. The zero-order valence-electron chi connectivity index (χ0n) is 13.2. The van der Waals surface area contributed by atoms with Crippen LogP contribution < -0.4 is 17.7 Å². The Kier molecular flexibility index (Phi) is 6.33. The minimum Gasteiger partial charge on any atom is -1.00 e. The first kappa shape index (κ1) is 18.7. The zero-order valence-corrected chi connectivity index (χ0v) is 14.0. The molecule has 0 aliphatic rings. The topological polar surface area (TPSA) is 62.5 Å². The summed E-state index contributed by atoms with van der Waals surface area (Å²) in [5, 5.41) is 12.1. The van der Waals surface area contributed by atoms with Crippen molar-refractivity contribution in [1.29, 1.82) is 0 Å². The molecule has 3 aromatic rings. The van der Waals surface area contributed by atoms with Gasteiger partial charge in [0.15, 0.2) is 0 Å². The molecule has 1 heterocycles. The van der Waals surface area contributed by atoms with Crippen molar-refractivity contribution in [3.63, 3.8) is 0 Å². The van der Waals surface area contributed by atoms with Gasteiger partial charge in [0.25, 0.3) is 0 Å². The Morgan fingerprint density at radius 2 is 1.64 bits per heavy atom. The van der Waals surface area contributed by atoms with E-state index in [-0.39, 0.29) is 23.8 Å². The second kappa shape index (κ2) is 8.46. The van der Waals surface area contributed by atoms with Gasteiger partial charge in [-0.05, 0) is 54.1 Å². The third-order valence-corrected chi connectivity index (χ3v) is 3.62. The molecule has 4 nitrogen and oxygen atoms in total. The molecule has 0 bridgehead atoms. The Bertz CT molecular complexity index is 829. The van der Waals surface area contributed by atoms with Gasteiger partial charge in [-0.25, -0.2) is 9.18 Å². The zero-order chi connectivity index (χ0) is 16.9. The van der Waals surface area contributed by atoms with Crippen LogP contribution in [0.4, 0.5) is 4.39 Å². The molecule has 6 heteroatoms. The summed E-state index contributed by atoms with van der Waals surface area (Å²) in [5.41, 5.74) is 2.09. The monoisotopic (exact) mass is 360 g/mol. The molecular weight excluding hydrogens is 345 g/mol. The lowest BCUT2D eigenvalue weighted by molar-refractivity contribution is -0.0000215. The fraction of sp³-hybridized carbons (Fsp3) is 0.105. The lowest BCUT2D eigenvalue weighted by atomic mass is 10.1. The molecule has 0 aliphatic heterocycles. The highest BCUT2D eigenvalue weighted by Gasteiger charge is 2.05. The molecule has 2 N–H and O–H groups in total. The highest BCUT2D eigenvalue weighted by Crippen LogP contribution is 2.22. The van der Waals surface area contributed by atoms with E-state index in [9.17, 15) is 9.18 Å². The fourth-order valence-corrected chi connectivity index (χ4v) is 2.34. The number of carbonyl (C=O) groups is 1. The van der Waals surface area contributed by atoms with Crippen molar-refractivity contribution in [1.82, 2.24) is 5.32 Å². The molecule has 0 radical (unpaired) electrons. The number of furan rings is 1. The van der Waals surface area contributed by atoms with E-state index >= 15 is 0 Å². The van der Waals surface area contributed by atoms with Gasteiger partial charge in [-0.1, -0.05) is 12.1 Å². The molecule has 3 rings (SSSR count). The summed E-state index contributed by atoms with van der Waals surface area (Å²) in [7, 11) is 0. The summed E-state index contributed by atoms with van der Waals surface area (Å²) in [6, 6.07) is 16.6. The highest BCUT2D eigenvalue weighted by molar-refractivity contribution is 5.87. The van der Waals surface area contributed by atoms with Crippen molar-refractivity contribution in [2.75, 3.05) is 0 Å². The fourth-order valence-electron chi connectivity index (χ4n) is 2.34. The van der Waals surface area contributed by atoms with Crippen LogP contribution in [0.1, 0.15) is 21.7 Å². The van der Waals surface area contributed by atoms with Crippen LogP contribution in [0.3, 0.4) is 0 Å². The average molecular weight is 361 g/mol. The van der Waals surface area contributed by atoms with E-state index in [0.717, 1.165) is 16.9 Å². The van der Waals surface area contributed by atoms with Crippen molar-refractivity contribution in [2.45, 2.75) is 13.1 Å². The highest BCUT2D eigenvalue weighted by atomic mass is 35.5. The molecule has 0 atom stereocenters. The van der Waals surface area contributed by atoms with Gasteiger partial charge in [0.2, 0.25) is 0 Å². The van der Waals surface area contributed by atoms with Crippen LogP contribution in [0.25, 0.3) is 11.3 Å². The molecular formula is C19H16ClFNO3-. The SMILES string of the molecule is O=C(O)c1ccc(CNCc2ccc(-c3ccc(F)cc3)o2)cc1.[Cl-]. The predicted octanol–water partition coefficient (Wildman–Crippen LogP) is 1.08. The minimum atomic E-state index is -0.932. The molecule has 0 fully saturated rings. The normalized spacial score (nSPS) is 10.3. The summed E-state index contributed by atoms with van der Waals surface area (Å²) in [4.78, 5) is 10.8. The number of nitrogens with one attached hydrogen (secondary N) is 1. The van der Waals surface area contributed by atoms with Crippen LogP contribution in [0, 0.1) is 5.82 Å². The number of carboxylic acid groups (broad SMARTS) is 1. The van der Waals surface area contributed by atoms with E-state index < -0.39 is 5.97 Å². The number of aromatic carboxylic acids is 1. The summed E-state index contributed by atoms with van der Waals surface area (Å²) in [6.45, 7) is 1.15. The Labute approximate surface area is 150 Å². The summed E-state index contributed by atoms with van der Waals surface area (Å²) >= 11 is 0. The summed E-state index contributed by atoms with van der Waals surface area (Å²) in [5.74, 6) is 0.258. The van der Waals surface area contributed by atoms with Crippen molar-refractivity contribution in [3.8, 4) is 11.3 Å². The maximum Gasteiger partial charge on any atom is 0.335 e. The smallest absolute Gasteiger partial charge is 0.335 e. The van der Waals surface area contributed by atoms with Crippen LogP contribution in [-0.4, -0.2) is 11.1 Å². The van der Waals surface area contributed by atoms with Gasteiger partial charge in [-0.15, -0.1) is 0 Å². The molecule has 0 spiro atoms. The molecule has 130 valence electrons. The molecule has 1 aromatic heterocycles. The van der Waals surface area contributed by atoms with Gasteiger partial charge >= 0.3 is 5.97 Å². The maximum absolute atomic E-state index is 12.9. The van der Waals surface area contributed by atoms with Crippen LogP contribution >= 0.6 is 0 Å². The third kappa shape index (κ3) is 4.92. The quantitative estimate of drug-likeness (QED) is 0.690. The predicted molar refractivity (Wildman–Crippen MR) is 88.0 cm³/mol. The van der Waals surface area contributed by atoms with Gasteiger partial charge in [-0.3, -0.25) is 0 Å². The van der Waals surface area contributed by atoms with Gasteiger partial charge < -0.3 is 27.2 Å². The minimum absolute atomic E-state index is 0. The van der Waals surface area contributed by atoms with Gasteiger partial charge in [-0.2, -0.15) is 0 Å². The van der Waals surface area contributed by atoms with E-state index in [1.165, 1.54) is 12.1 Å². The van der Waals surface area contributed by atoms with E-state index in [2.05, 4.69) is 5.32 Å². The van der Waals surface area contributed by atoms with E-state index in [1.54, 1.807) is 36.4 Å². The molecule has 0 amide bonds. The van der Waals surface area contributed by atoms with Gasteiger partial charge in [0.05, 0.1) is 12.1 Å². The Hall–Kier alpha value is -2.63. The molecule has 25 heavy (non-hydrogen) atoms. The lowest BCUT2D eigenvalue weighted by Crippen LogP contribution is -3.00. The standard InChI is InChI=1S/C19H16FNO3.ClH/c20-16-7-5-14(6-8-16)18-10-9-17(24-18)12-21-11-13-1-3-15(4-2-13)19(22)23;/h1-10,21H,11-12H2,(H,22,23);1H/p-1. The van der Waals surface area contributed by atoms with Gasteiger partial charge in [0.1, 0.15) is 17.3 Å². The van der Waals surface area contributed by atoms with Crippen molar-refractivity contribution < 1.29 is 31.1 Å². The van der Waals surface area contributed by atoms with E-state index in [4.69, 9.17) is 9.52 Å². The second-order valence-corrected chi connectivity index (χ2v) is 5.38. The molecule has 0 unspecified atom stereocenters. The molecule has 0 aliphatic carbocycles. The number of carboxylic acids is 1. The molecule has 0 saturated carbocycles. The largest absolute Gasteiger partial charge is 1.00 e. The molecule has 2 aromatic carbocycles. The first-order valence-electron chi connectivity index (χ1n) is 7.49. The average Bonchev–Trinajstić information content (AvgIpc) is 3.05. The number of hydrogen-bond acceptors (Lipinski definition) is 3. The molecule has 0 saturated heterocycles. The van der Waals surface area contributed by atoms with E-state index in [1.807, 2.05) is 12.1 Å². The van der Waals surface area contributed by atoms with Crippen LogP contribution in [0.15, 0.2) is 65.1 Å². The summed E-state index contributed by atoms with van der Waals surface area (Å²) in [6.07, 6.45) is 0. The number of halogens is 2. The van der Waals surface area contributed by atoms with Crippen LogP contribution in [-0.2, 0) is 13.1 Å². The third-order valence-electron chi connectivity index (χ3n) is 3.62. The Morgan fingerprint density at radius 3 is 2.28 bits per heavy atom. The second-order valence-electron chi connectivity index (χ2n) is 5.38.